The Balaban J connectivity index is 1.52. The topological polar surface area (TPSA) is 111 Å². The molecule has 0 radical (unpaired) electrons. The molecule has 1 aliphatic heterocycles. The molecule has 1 N–H and O–H groups in total. The highest BCUT2D eigenvalue weighted by atomic mass is 16.6. The van der Waals surface area contributed by atoms with Crippen molar-refractivity contribution in [3.63, 3.8) is 0 Å². The number of rotatable bonds is 6. The number of carbonyl (C=O) groups excluding carboxylic acids is 1. The molecular formula is C20H24N8O2. The van der Waals surface area contributed by atoms with Gasteiger partial charge in [-0.05, 0) is 25.8 Å². The number of hydrogen-bond donors (Lipinski definition) is 1. The van der Waals surface area contributed by atoms with Crippen molar-refractivity contribution in [1.82, 2.24) is 29.9 Å². The number of nitrogens with one attached hydrogen (secondary N) is 1. The number of carbonyl (C=O) groups is 1. The summed E-state index contributed by atoms with van der Waals surface area (Å²) in [6, 6.07) is 7.95. The largest absolute Gasteiger partial charge is 0.447 e. The fourth-order valence-corrected chi connectivity index (χ4v) is 3.35. The molecule has 1 aliphatic rings. The van der Waals surface area contributed by atoms with Crippen LogP contribution in [0.2, 0.25) is 0 Å². The van der Waals surface area contributed by atoms with E-state index >= 15 is 0 Å². The lowest BCUT2D eigenvalue weighted by molar-refractivity contribution is 0.178. The minimum atomic E-state index is -0.425. The number of ether oxygens (including phenoxy) is 1. The third-order valence-electron chi connectivity index (χ3n) is 5.04. The van der Waals surface area contributed by atoms with Crippen LogP contribution >= 0.6 is 0 Å². The molecule has 0 aliphatic carbocycles. The number of aryl methyl sites for hydroxylation is 2. The standard InChI is InChI=1S/C20H24N8O2/c1-5-16-11-30-20(29)28(16)19-23-13(3)22-18(24-19)21-12(2)14-6-8-15(9-7-14)17-10-27(4)26-25-17/h6-10,12,16H,5,11H2,1-4H3,(H,21,22,23,24)/t12-,16-/m0/s1. The fourth-order valence-electron chi connectivity index (χ4n) is 3.35. The Morgan fingerprint density at radius 2 is 2.00 bits per heavy atom. The normalized spacial score (nSPS) is 17.1. The van der Waals surface area contributed by atoms with Crippen LogP contribution < -0.4 is 10.2 Å². The number of amides is 1. The van der Waals surface area contributed by atoms with Gasteiger partial charge in [0.1, 0.15) is 18.1 Å². The first-order chi connectivity index (χ1) is 14.4. The smallest absolute Gasteiger partial charge is 0.417 e. The molecular weight excluding hydrogens is 384 g/mol. The van der Waals surface area contributed by atoms with Crippen molar-refractivity contribution >= 4 is 18.0 Å². The van der Waals surface area contributed by atoms with Crippen molar-refractivity contribution in [3.8, 4) is 11.3 Å². The van der Waals surface area contributed by atoms with Gasteiger partial charge in [-0.25, -0.2) is 9.69 Å². The Labute approximate surface area is 174 Å². The first-order valence-corrected chi connectivity index (χ1v) is 9.86. The molecule has 0 saturated carbocycles. The molecule has 0 spiro atoms. The highest BCUT2D eigenvalue weighted by Gasteiger charge is 2.35. The number of aromatic nitrogens is 6. The maximum absolute atomic E-state index is 12.1. The van der Waals surface area contributed by atoms with Crippen LogP contribution in [0, 0.1) is 6.92 Å². The first-order valence-electron chi connectivity index (χ1n) is 9.86. The lowest BCUT2D eigenvalue weighted by atomic mass is 10.1. The van der Waals surface area contributed by atoms with Crippen LogP contribution in [0.4, 0.5) is 16.7 Å². The number of cyclic esters (lactones) is 1. The van der Waals surface area contributed by atoms with Gasteiger partial charge in [0.2, 0.25) is 11.9 Å². The molecule has 3 heterocycles. The summed E-state index contributed by atoms with van der Waals surface area (Å²) < 4.78 is 6.83. The van der Waals surface area contributed by atoms with E-state index in [9.17, 15) is 4.79 Å². The SMILES string of the molecule is CC[C@H]1COC(=O)N1c1nc(C)nc(N[C@@H](C)c2ccc(-c3cn(C)nn3)cc2)n1. The van der Waals surface area contributed by atoms with Gasteiger partial charge in [0.25, 0.3) is 0 Å². The second kappa shape index (κ2) is 8.05. The Morgan fingerprint density at radius 1 is 1.23 bits per heavy atom. The van der Waals surface area contributed by atoms with Gasteiger partial charge in [0.15, 0.2) is 0 Å². The second-order valence-electron chi connectivity index (χ2n) is 7.28. The number of benzene rings is 1. The van der Waals surface area contributed by atoms with Gasteiger partial charge in [0, 0.05) is 12.6 Å². The lowest BCUT2D eigenvalue weighted by Crippen LogP contribution is -2.34. The Morgan fingerprint density at radius 3 is 2.67 bits per heavy atom. The molecule has 1 amide bonds. The summed E-state index contributed by atoms with van der Waals surface area (Å²) >= 11 is 0. The van der Waals surface area contributed by atoms with Gasteiger partial charge >= 0.3 is 6.09 Å². The zero-order valence-electron chi connectivity index (χ0n) is 17.4. The Hall–Kier alpha value is -3.56. The molecule has 10 nitrogen and oxygen atoms in total. The van der Waals surface area contributed by atoms with E-state index in [0.717, 1.165) is 23.2 Å². The average Bonchev–Trinajstić information content (AvgIpc) is 3.33. The highest BCUT2D eigenvalue weighted by Crippen LogP contribution is 2.25. The summed E-state index contributed by atoms with van der Waals surface area (Å²) in [7, 11) is 1.84. The summed E-state index contributed by atoms with van der Waals surface area (Å²) in [6.45, 7) is 6.14. The van der Waals surface area contributed by atoms with Gasteiger partial charge in [-0.2, -0.15) is 15.0 Å². The summed E-state index contributed by atoms with van der Waals surface area (Å²) in [6.07, 6.45) is 2.21. The van der Waals surface area contributed by atoms with Crippen LogP contribution in [0.15, 0.2) is 30.5 Å². The average molecular weight is 408 g/mol. The zero-order valence-corrected chi connectivity index (χ0v) is 17.4. The van der Waals surface area contributed by atoms with E-state index in [0.29, 0.717) is 24.3 Å². The maximum Gasteiger partial charge on any atom is 0.417 e. The van der Waals surface area contributed by atoms with Crippen molar-refractivity contribution in [2.75, 3.05) is 16.8 Å². The molecule has 0 bridgehead atoms. The van der Waals surface area contributed by atoms with Gasteiger partial charge in [-0.3, -0.25) is 4.68 Å². The molecule has 1 saturated heterocycles. The van der Waals surface area contributed by atoms with Gasteiger partial charge in [-0.1, -0.05) is 36.4 Å². The fraction of sp³-hybridized carbons (Fsp3) is 0.400. The van der Waals surface area contributed by atoms with E-state index in [1.165, 1.54) is 4.90 Å². The molecule has 3 aromatic rings. The maximum atomic E-state index is 12.1. The Kier molecular flexibility index (Phi) is 5.30. The van der Waals surface area contributed by atoms with Crippen LogP contribution in [-0.4, -0.2) is 48.7 Å². The zero-order chi connectivity index (χ0) is 21.3. The highest BCUT2D eigenvalue weighted by molar-refractivity contribution is 5.88. The summed E-state index contributed by atoms with van der Waals surface area (Å²) in [5.74, 6) is 1.25. The Bertz CT molecular complexity index is 1050. The monoisotopic (exact) mass is 408 g/mol. The molecule has 1 aromatic carbocycles. The van der Waals surface area contributed by atoms with Gasteiger partial charge in [-0.15, -0.1) is 5.10 Å². The van der Waals surface area contributed by atoms with Crippen LogP contribution in [-0.2, 0) is 11.8 Å². The second-order valence-corrected chi connectivity index (χ2v) is 7.28. The van der Waals surface area contributed by atoms with Crippen LogP contribution in [0.5, 0.6) is 0 Å². The molecule has 156 valence electrons. The van der Waals surface area contributed by atoms with Crippen molar-refractivity contribution in [2.24, 2.45) is 7.05 Å². The molecule has 2 atom stereocenters. The predicted octanol–water partition coefficient (Wildman–Crippen LogP) is 2.88. The van der Waals surface area contributed by atoms with E-state index in [1.807, 2.05) is 51.4 Å². The summed E-state index contributed by atoms with van der Waals surface area (Å²) in [4.78, 5) is 26.8. The molecule has 30 heavy (non-hydrogen) atoms. The van der Waals surface area contributed by atoms with E-state index in [1.54, 1.807) is 11.6 Å². The molecule has 0 unspecified atom stereocenters. The van der Waals surface area contributed by atoms with E-state index in [4.69, 9.17) is 4.74 Å². The number of hydrogen-bond acceptors (Lipinski definition) is 8. The summed E-state index contributed by atoms with van der Waals surface area (Å²) in [5, 5.41) is 11.4. The van der Waals surface area contributed by atoms with Gasteiger partial charge in [0.05, 0.1) is 18.3 Å². The molecule has 10 heteroatoms. The van der Waals surface area contributed by atoms with Crippen LogP contribution in [0.3, 0.4) is 0 Å². The number of anilines is 2. The van der Waals surface area contributed by atoms with E-state index in [2.05, 4.69) is 30.6 Å². The van der Waals surface area contributed by atoms with Crippen molar-refractivity contribution in [2.45, 2.75) is 39.3 Å². The quantitative estimate of drug-likeness (QED) is 0.663. The minimum absolute atomic E-state index is 0.0527. The molecule has 1 fully saturated rings. The molecule has 4 rings (SSSR count). The third kappa shape index (κ3) is 3.93. The lowest BCUT2D eigenvalue weighted by Gasteiger charge is -2.20. The summed E-state index contributed by atoms with van der Waals surface area (Å²) in [5.41, 5.74) is 2.88. The van der Waals surface area contributed by atoms with Crippen molar-refractivity contribution in [3.05, 3.63) is 41.9 Å². The van der Waals surface area contributed by atoms with Crippen LogP contribution in [0.1, 0.15) is 37.7 Å². The van der Waals surface area contributed by atoms with E-state index in [-0.39, 0.29) is 12.1 Å². The first kappa shape index (κ1) is 19.7. The van der Waals surface area contributed by atoms with E-state index < -0.39 is 6.09 Å². The minimum Gasteiger partial charge on any atom is -0.447 e. The predicted molar refractivity (Wildman–Crippen MR) is 111 cm³/mol. The van der Waals surface area contributed by atoms with Gasteiger partial charge < -0.3 is 10.1 Å². The van der Waals surface area contributed by atoms with Crippen molar-refractivity contribution in [1.29, 1.82) is 0 Å². The number of nitrogens with zero attached hydrogens (tertiary/aromatic N) is 7. The third-order valence-corrected chi connectivity index (χ3v) is 5.04. The van der Waals surface area contributed by atoms with Crippen molar-refractivity contribution < 1.29 is 9.53 Å². The molecule has 2 aromatic heterocycles. The van der Waals surface area contributed by atoms with Crippen LogP contribution in [0.25, 0.3) is 11.3 Å².